The van der Waals surface area contributed by atoms with Gasteiger partial charge in [0.2, 0.25) is 0 Å². The first-order chi connectivity index (χ1) is 12.1. The van der Waals surface area contributed by atoms with E-state index in [1.54, 1.807) is 21.1 Å². The lowest BCUT2D eigenvalue weighted by molar-refractivity contribution is -0.889. The van der Waals surface area contributed by atoms with E-state index in [0.29, 0.717) is 6.42 Å². The van der Waals surface area contributed by atoms with Crippen LogP contribution in [0.15, 0.2) is 0 Å². The molecule has 0 spiro atoms. The molecule has 0 fully saturated rings. The fourth-order valence-electron chi connectivity index (χ4n) is 2.32. The summed E-state index contributed by atoms with van der Waals surface area (Å²) < 4.78 is 15.9. The summed E-state index contributed by atoms with van der Waals surface area (Å²) in [5.74, 6) is -1.97. The van der Waals surface area contributed by atoms with Crippen LogP contribution in [0.4, 0.5) is 0 Å². The van der Waals surface area contributed by atoms with Crippen molar-refractivity contribution >= 4 is 17.9 Å². The number of unbranched alkanes of at least 4 members (excludes halogenated alkanes) is 2. The molecule has 0 radical (unpaired) electrons. The first kappa shape index (κ1) is 24.3. The van der Waals surface area contributed by atoms with Crippen molar-refractivity contribution in [3.63, 3.8) is 0 Å². The quantitative estimate of drug-likeness (QED) is 0.244. The lowest BCUT2D eigenvalue weighted by atomic mass is 10.1. The Morgan fingerprint density at radius 3 is 2.23 bits per heavy atom. The number of ether oxygens (including phenoxy) is 3. The lowest BCUT2D eigenvalue weighted by Crippen LogP contribution is -2.55. The molecular weight excluding hydrogens is 342 g/mol. The maximum absolute atomic E-state index is 11.8. The minimum absolute atomic E-state index is 0.0315. The van der Waals surface area contributed by atoms with Gasteiger partial charge in [-0.15, -0.1) is 0 Å². The molecular formula is C18H33NO7. The molecule has 2 atom stereocenters. The number of hydrogen-bond acceptors (Lipinski definition) is 7. The fourth-order valence-corrected chi connectivity index (χ4v) is 2.32. The number of carboxylic acids is 1. The summed E-state index contributed by atoms with van der Waals surface area (Å²) in [5.41, 5.74) is 0. The summed E-state index contributed by atoms with van der Waals surface area (Å²) in [6.45, 7) is 3.42. The van der Waals surface area contributed by atoms with Crippen LogP contribution in [-0.2, 0) is 28.6 Å². The number of carboxylic acid groups (broad SMARTS) is 1. The summed E-state index contributed by atoms with van der Waals surface area (Å²) in [7, 11) is 5.30. The number of nitrogens with zero attached hydrogens (tertiary/aromatic N) is 1. The molecule has 0 saturated carbocycles. The molecule has 0 aliphatic rings. The van der Waals surface area contributed by atoms with Crippen LogP contribution in [0.5, 0.6) is 0 Å². The molecule has 0 aromatic rings. The second-order valence-corrected chi connectivity index (χ2v) is 7.19. The highest BCUT2D eigenvalue weighted by Crippen LogP contribution is 2.08. The van der Waals surface area contributed by atoms with Gasteiger partial charge in [-0.3, -0.25) is 9.59 Å². The van der Waals surface area contributed by atoms with Crippen molar-refractivity contribution in [2.75, 3.05) is 41.0 Å². The van der Waals surface area contributed by atoms with E-state index in [0.717, 1.165) is 19.3 Å². The van der Waals surface area contributed by atoms with Crippen molar-refractivity contribution in [2.45, 2.75) is 58.1 Å². The van der Waals surface area contributed by atoms with E-state index in [4.69, 9.17) is 14.2 Å². The van der Waals surface area contributed by atoms with E-state index in [1.807, 2.05) is 6.92 Å². The van der Waals surface area contributed by atoms with Gasteiger partial charge in [-0.25, -0.2) is 0 Å². The normalized spacial score (nSPS) is 13.7. The Morgan fingerprint density at radius 2 is 1.73 bits per heavy atom. The molecule has 8 nitrogen and oxygen atoms in total. The van der Waals surface area contributed by atoms with Crippen molar-refractivity contribution in [1.82, 2.24) is 0 Å². The van der Waals surface area contributed by atoms with Gasteiger partial charge in [-0.1, -0.05) is 19.8 Å². The molecule has 0 amide bonds. The minimum Gasteiger partial charge on any atom is -0.544 e. The van der Waals surface area contributed by atoms with Crippen LogP contribution in [0.3, 0.4) is 0 Å². The molecule has 152 valence electrons. The maximum Gasteiger partial charge on any atom is 0.306 e. The predicted molar refractivity (Wildman–Crippen MR) is 92.9 cm³/mol. The molecule has 0 aliphatic heterocycles. The van der Waals surface area contributed by atoms with E-state index in [2.05, 4.69) is 0 Å². The molecule has 2 unspecified atom stereocenters. The second kappa shape index (κ2) is 12.6. The van der Waals surface area contributed by atoms with Crippen LogP contribution in [0.25, 0.3) is 0 Å². The molecule has 0 heterocycles. The van der Waals surface area contributed by atoms with Gasteiger partial charge in [-0.05, 0) is 6.42 Å². The van der Waals surface area contributed by atoms with Crippen molar-refractivity contribution in [1.29, 1.82) is 0 Å². The number of likely N-dealkylation sites (N-methyl/N-ethyl adjacent to an activating group) is 1. The number of esters is 2. The third kappa shape index (κ3) is 11.8. The molecule has 0 rings (SSSR count). The maximum atomic E-state index is 11.8. The first-order valence-corrected chi connectivity index (χ1v) is 9.00. The third-order valence-electron chi connectivity index (χ3n) is 3.80. The Hall–Kier alpha value is -1.67. The third-order valence-corrected chi connectivity index (χ3v) is 3.80. The van der Waals surface area contributed by atoms with Crippen LogP contribution in [0.1, 0.15) is 46.0 Å². The van der Waals surface area contributed by atoms with Gasteiger partial charge in [0.1, 0.15) is 12.6 Å². The predicted octanol–water partition coefficient (Wildman–Crippen LogP) is 0.273. The summed E-state index contributed by atoms with van der Waals surface area (Å²) in [4.78, 5) is 34.0. The highest BCUT2D eigenvalue weighted by Gasteiger charge is 2.25. The van der Waals surface area contributed by atoms with Crippen LogP contribution >= 0.6 is 0 Å². The number of rotatable bonds is 14. The highest BCUT2D eigenvalue weighted by atomic mass is 16.6. The molecule has 0 N–H and O–H groups in total. The number of carbonyl (C=O) groups excluding carboxylic acids is 3. The Morgan fingerprint density at radius 1 is 1.08 bits per heavy atom. The molecule has 0 bridgehead atoms. The van der Waals surface area contributed by atoms with Crippen molar-refractivity contribution in [3.05, 3.63) is 0 Å². The van der Waals surface area contributed by atoms with E-state index in [9.17, 15) is 19.5 Å². The van der Waals surface area contributed by atoms with E-state index < -0.39 is 24.1 Å². The molecule has 26 heavy (non-hydrogen) atoms. The Labute approximate surface area is 156 Å². The van der Waals surface area contributed by atoms with Gasteiger partial charge in [0.15, 0.2) is 6.10 Å². The standard InChI is InChI=1S/C18H33NO7/c1-6-7-8-9-17(21)26-15(13-25-14(2)20)12-24-11-10-16(18(22)23)19(3,4)5/h15-16H,6-13H2,1-5H3. The SMILES string of the molecule is CCCCCC(=O)OC(COCCC(C(=O)[O-])[N+](C)(C)C)COC(C)=O. The molecule has 0 aromatic heterocycles. The van der Waals surface area contributed by atoms with Gasteiger partial charge < -0.3 is 28.6 Å². The zero-order valence-corrected chi connectivity index (χ0v) is 16.6. The van der Waals surface area contributed by atoms with Crippen molar-refractivity contribution in [3.8, 4) is 0 Å². The van der Waals surface area contributed by atoms with Gasteiger partial charge >= 0.3 is 11.9 Å². The van der Waals surface area contributed by atoms with E-state index in [-0.39, 0.29) is 36.7 Å². The van der Waals surface area contributed by atoms with E-state index in [1.165, 1.54) is 6.92 Å². The molecule has 0 aromatic carbocycles. The average Bonchev–Trinajstić information content (AvgIpc) is 2.50. The summed E-state index contributed by atoms with van der Waals surface area (Å²) in [6, 6.07) is -0.710. The number of hydrogen-bond donors (Lipinski definition) is 0. The van der Waals surface area contributed by atoms with Crippen LogP contribution in [-0.4, -0.2) is 75.5 Å². The Balaban J connectivity index is 4.42. The Kier molecular flexibility index (Phi) is 11.8. The van der Waals surface area contributed by atoms with Crippen LogP contribution in [0, 0.1) is 0 Å². The second-order valence-electron chi connectivity index (χ2n) is 7.19. The first-order valence-electron chi connectivity index (χ1n) is 9.00. The largest absolute Gasteiger partial charge is 0.544 e. The highest BCUT2D eigenvalue weighted by molar-refractivity contribution is 5.70. The summed E-state index contributed by atoms with van der Waals surface area (Å²) >= 11 is 0. The zero-order chi connectivity index (χ0) is 20.2. The van der Waals surface area contributed by atoms with Gasteiger partial charge in [-0.2, -0.15) is 0 Å². The van der Waals surface area contributed by atoms with E-state index >= 15 is 0 Å². The topological polar surface area (TPSA) is 102 Å². The van der Waals surface area contributed by atoms with Gasteiger partial charge in [0.05, 0.1) is 40.3 Å². The Bertz CT molecular complexity index is 445. The van der Waals surface area contributed by atoms with Gasteiger partial charge in [0, 0.05) is 19.8 Å². The van der Waals surface area contributed by atoms with Crippen molar-refractivity contribution < 1.29 is 38.2 Å². The van der Waals surface area contributed by atoms with Gasteiger partial charge in [0.25, 0.3) is 0 Å². The number of aliphatic carboxylic acids is 1. The summed E-state index contributed by atoms with van der Waals surface area (Å²) in [5, 5.41) is 11.2. The molecule has 0 aliphatic carbocycles. The number of quaternary nitrogens is 1. The monoisotopic (exact) mass is 375 g/mol. The molecule has 0 saturated heterocycles. The van der Waals surface area contributed by atoms with Crippen molar-refractivity contribution in [2.24, 2.45) is 0 Å². The van der Waals surface area contributed by atoms with Crippen LogP contribution < -0.4 is 5.11 Å². The minimum atomic E-state index is -1.14. The number of carbonyl (C=O) groups is 3. The fraction of sp³-hybridized carbons (Fsp3) is 0.833. The summed E-state index contributed by atoms with van der Waals surface area (Å²) in [6.07, 6.45) is 2.54. The van der Waals surface area contributed by atoms with Crippen LogP contribution in [0.2, 0.25) is 0 Å². The molecule has 8 heteroatoms. The average molecular weight is 375 g/mol. The lowest BCUT2D eigenvalue weighted by Gasteiger charge is -2.34. The zero-order valence-electron chi connectivity index (χ0n) is 16.6. The smallest absolute Gasteiger partial charge is 0.306 e.